The van der Waals surface area contributed by atoms with Crippen molar-refractivity contribution in [1.29, 1.82) is 0 Å². The molecule has 0 aromatic heterocycles. The number of benzene rings is 8. The van der Waals surface area contributed by atoms with Gasteiger partial charge in [-0.25, -0.2) is 18.2 Å². The van der Waals surface area contributed by atoms with E-state index in [2.05, 4.69) is 45.3 Å². The lowest BCUT2D eigenvalue weighted by molar-refractivity contribution is -0.0762. The van der Waals surface area contributed by atoms with Crippen molar-refractivity contribution in [1.82, 2.24) is 19.6 Å². The lowest BCUT2D eigenvalue weighted by Crippen LogP contribution is -2.34. The van der Waals surface area contributed by atoms with Crippen molar-refractivity contribution in [3.63, 3.8) is 0 Å². The zero-order chi connectivity index (χ0) is 102. The van der Waals surface area contributed by atoms with Crippen LogP contribution in [0.5, 0.6) is 46.0 Å². The zero-order valence-electron chi connectivity index (χ0n) is 80.3. The molecular formula is C94H128Cl5F6N6O24P4+. The molecule has 0 saturated carbocycles. The van der Waals surface area contributed by atoms with Crippen LogP contribution in [0.4, 0.5) is 25.6 Å². The fourth-order valence-corrected chi connectivity index (χ4v) is 15.8. The third kappa shape index (κ3) is 54.2. The molecule has 7 unspecified atom stereocenters. The topological polar surface area (TPSA) is 283 Å². The molecule has 0 amide bonds. The summed E-state index contributed by atoms with van der Waals surface area (Å²) in [5, 5.41) is 4.64. The zero-order valence-corrected chi connectivity index (χ0v) is 87.7. The van der Waals surface area contributed by atoms with Crippen molar-refractivity contribution in [2.45, 2.75) is 101 Å². The van der Waals surface area contributed by atoms with Gasteiger partial charge in [0.2, 0.25) is 0 Å². The van der Waals surface area contributed by atoms with Crippen molar-refractivity contribution in [3.8, 4) is 46.0 Å². The van der Waals surface area contributed by atoms with Crippen molar-refractivity contribution in [2.24, 2.45) is 10.3 Å². The number of rotatable bonds is 65. The summed E-state index contributed by atoms with van der Waals surface area (Å²) in [5.74, 6) is 6.12. The number of nitrogens with zero attached hydrogens (tertiary/aromatic N) is 6. The van der Waals surface area contributed by atoms with Gasteiger partial charge < -0.3 is 76.4 Å². The van der Waals surface area contributed by atoms with Crippen LogP contribution in [0.1, 0.15) is 58.4 Å². The molecule has 30 nitrogen and oxygen atoms in total. The summed E-state index contributed by atoms with van der Waals surface area (Å²) in [4.78, 5) is 7.53. The molecule has 0 N–H and O–H groups in total. The Bertz CT molecular complexity index is 4990. The maximum atomic E-state index is 14.8. The van der Waals surface area contributed by atoms with Gasteiger partial charge in [0.25, 0.3) is 0 Å². The quantitative estimate of drug-likeness (QED) is 0.00854. The number of hydrogen-bond acceptors (Lipinski definition) is 30. The van der Waals surface area contributed by atoms with Crippen LogP contribution in [0.25, 0.3) is 0 Å². The molecule has 0 aliphatic rings. The first-order valence-electron chi connectivity index (χ1n) is 43.7. The lowest BCUT2D eigenvalue weighted by Gasteiger charge is -2.23. The van der Waals surface area contributed by atoms with Gasteiger partial charge >= 0.3 is 42.8 Å². The van der Waals surface area contributed by atoms with Crippen molar-refractivity contribution in [3.05, 3.63) is 239 Å². The highest BCUT2D eigenvalue weighted by molar-refractivity contribution is 7.56. The second-order valence-electron chi connectivity index (χ2n) is 31.4. The average molecular weight is 2140 g/mol. The van der Waals surface area contributed by atoms with Gasteiger partial charge in [0.05, 0.1) is 56.6 Å². The molecule has 8 aromatic carbocycles. The SMILES string of the molecule is COc1cccc(CCc2ccccc2OCC(CN(C)C)OCO[P+](F)(OCCCl)O/N=C(\F)Cl)c1.COc1cccc(CCc2ccccc2OCC(CN(C)C)OCO[P@@](=O)(F)OC(C)C(C)Cl)c1.COc1cccc(CCc2ccccc2OCC(CN(C)C)OCO[P@](=O)(F)O/N=C(\F)Cl)c1.COc1cccc(CCc2ccccc2OCC(CN(C)C)OCO[P@](=O)(F)OCCCl)c1. The van der Waals surface area contributed by atoms with Gasteiger partial charge in [0.15, 0.2) is 27.2 Å². The van der Waals surface area contributed by atoms with E-state index in [0.717, 1.165) is 119 Å². The number of alkyl halides is 3. The Morgan fingerprint density at radius 2 is 0.676 bits per heavy atom. The summed E-state index contributed by atoms with van der Waals surface area (Å²) in [6, 6.07) is 62.7. The number of methoxy groups -OCH3 is 4. The molecule has 139 heavy (non-hydrogen) atoms. The molecule has 45 heteroatoms. The van der Waals surface area contributed by atoms with E-state index in [0.29, 0.717) is 37.7 Å². The van der Waals surface area contributed by atoms with E-state index in [4.69, 9.17) is 133 Å². The van der Waals surface area contributed by atoms with Crippen LogP contribution in [-0.4, -0.2) is 256 Å². The molecule has 8 aromatic rings. The second-order valence-corrected chi connectivity index (χ2v) is 39.0. The van der Waals surface area contributed by atoms with Crippen LogP contribution in [0.15, 0.2) is 204 Å². The summed E-state index contributed by atoms with van der Waals surface area (Å²) in [6.07, 6.45) is 3.58. The maximum Gasteiger partial charge on any atom is 0.693 e. The van der Waals surface area contributed by atoms with Crippen LogP contribution >= 0.6 is 90.0 Å². The van der Waals surface area contributed by atoms with Gasteiger partial charge in [0.1, 0.15) is 103 Å². The summed E-state index contributed by atoms with van der Waals surface area (Å²) >= 11 is 26.5. The molecule has 0 radical (unpaired) electrons. The summed E-state index contributed by atoms with van der Waals surface area (Å²) in [6.45, 7) is 2.81. The standard InChI is InChI=1S/C25H36ClFNO6P.C24H32Cl2F2N2O6P.C23H32ClFNO6P.C22H28ClF2N2O6P/c1-19(26)20(2)34-35(27,29)33-18-32-24(16-28(3)4)17-31-25-12-7-6-10-22(25)14-13-21-9-8-11-23(15-21)30-5;1-30(2)16-22(33-18-35-37(28,34-14-13-25)36-29-24(26)27)17-32-23-10-5-4-8-20(23)12-11-19-7-6-9-21(15-19)31-3;1-26(2)16-22(30-18-32-33(25,27)31-14-13-24)17-29-23-10-5-4-8-20(23)12-11-19-7-6-9-21(15-19)28-3;1-27(2)14-20(31-16-32-34(25,28)33-26-22(23)24)15-30-21-10-5-4-8-18(21)12-11-17-7-6-9-19(13-17)29-3/h6-12,15,19-20,24H,13-14,16-18H2,1-5H3;4-10,15,22H,11-14,16-18H2,1-3H3;4-10,15,22H,11-14,16-18H2,1-3H3;4-10,13,20H,11-12,14-16H2,1-3H3/q;+1;;/b;29-24-;;26-22-/t19?,20?,24?,35-;;22?,33-;20?,34-/m0.01/s1. The number of aryl methyl sites for hydroxylation is 8. The first kappa shape index (κ1) is 122. The minimum absolute atomic E-state index is 0.00640. The molecule has 0 heterocycles. The number of oxime groups is 2. The van der Waals surface area contributed by atoms with Crippen LogP contribution in [0.3, 0.4) is 0 Å². The number of ether oxygens (including phenoxy) is 12. The molecule has 0 bridgehead atoms. The Balaban J connectivity index is 0.000000327. The second kappa shape index (κ2) is 68.0. The molecule has 0 spiro atoms. The summed E-state index contributed by atoms with van der Waals surface area (Å²) in [5.41, 5.74) is 5.64. The highest BCUT2D eigenvalue weighted by Crippen LogP contribution is 2.64. The van der Waals surface area contributed by atoms with E-state index in [-0.39, 0.29) is 51.4 Å². The first-order chi connectivity index (χ1) is 66.3. The Hall–Kier alpha value is -7.35. The van der Waals surface area contributed by atoms with Gasteiger partial charge in [-0.1, -0.05) is 121 Å². The van der Waals surface area contributed by atoms with Crippen LogP contribution in [0.2, 0.25) is 0 Å². The number of hydrogen-bond donors (Lipinski definition) is 0. The molecule has 774 valence electrons. The third-order valence-corrected chi connectivity index (χ3v) is 23.8. The van der Waals surface area contributed by atoms with E-state index >= 15 is 0 Å². The minimum atomic E-state index is -5.17. The molecule has 0 saturated heterocycles. The van der Waals surface area contributed by atoms with Crippen molar-refractivity contribution < 1.29 is 137 Å². The number of likely N-dealkylation sites (N-methyl/N-ethyl adjacent to an activating group) is 4. The Morgan fingerprint density at radius 1 is 0.381 bits per heavy atom. The normalized spacial score (nSPS) is 14.7. The van der Waals surface area contributed by atoms with Gasteiger partial charge in [-0.05, 0) is 267 Å². The molecule has 0 aliphatic heterocycles. The number of halogens is 11. The van der Waals surface area contributed by atoms with Crippen LogP contribution < -0.4 is 37.9 Å². The van der Waals surface area contributed by atoms with Crippen molar-refractivity contribution in [2.75, 3.05) is 190 Å². The van der Waals surface area contributed by atoms with E-state index < -0.39 is 106 Å². The predicted octanol–water partition coefficient (Wildman–Crippen LogP) is 22.5. The Labute approximate surface area is 837 Å². The highest BCUT2D eigenvalue weighted by atomic mass is 35.5. The largest absolute Gasteiger partial charge is 0.693 e. The predicted molar refractivity (Wildman–Crippen MR) is 531 cm³/mol. The summed E-state index contributed by atoms with van der Waals surface area (Å²) in [7, 11) is 2.24. The Kier molecular flexibility index (Phi) is 59.8. The van der Waals surface area contributed by atoms with Gasteiger partial charge in [-0.3, -0.25) is 22.7 Å². The molecule has 10 atom stereocenters. The van der Waals surface area contributed by atoms with E-state index in [1.807, 2.05) is 258 Å². The van der Waals surface area contributed by atoms with Crippen LogP contribution in [-0.2, 0) is 125 Å². The van der Waals surface area contributed by atoms with E-state index in [1.165, 1.54) is 18.1 Å². The van der Waals surface area contributed by atoms with E-state index in [9.17, 15) is 39.3 Å². The molecule has 8 rings (SSSR count). The molecular weight excluding hydrogens is 2010 g/mol. The maximum absolute atomic E-state index is 14.8. The van der Waals surface area contributed by atoms with Gasteiger partial charge in [0, 0.05) is 37.2 Å². The fourth-order valence-electron chi connectivity index (χ4n) is 12.5. The monoisotopic (exact) mass is 2140 g/mol. The third-order valence-electron chi connectivity index (χ3n) is 19.2. The summed E-state index contributed by atoms with van der Waals surface area (Å²) < 4.78 is 225. The van der Waals surface area contributed by atoms with Gasteiger partial charge in [-0.15, -0.1) is 61.1 Å². The Morgan fingerprint density at radius 3 is 0.964 bits per heavy atom. The van der Waals surface area contributed by atoms with Crippen LogP contribution in [0, 0.1) is 0 Å². The minimum Gasteiger partial charge on any atom is -0.497 e. The fraction of sp³-hybridized carbons (Fsp3) is 0.468. The first-order valence-corrected chi connectivity index (χ1v) is 51.7. The average Bonchev–Trinajstić information content (AvgIpc) is 0.891. The van der Waals surface area contributed by atoms with Crippen molar-refractivity contribution >= 4 is 101 Å². The lowest BCUT2D eigenvalue weighted by atomic mass is 10.0. The highest BCUT2D eigenvalue weighted by Gasteiger charge is 2.52. The van der Waals surface area contributed by atoms with Gasteiger partial charge in [-0.2, -0.15) is 8.78 Å². The molecule has 0 fully saturated rings. The van der Waals surface area contributed by atoms with E-state index in [1.54, 1.807) is 35.4 Å². The molecule has 0 aliphatic carbocycles. The number of para-hydroxylation sites is 4. The smallest absolute Gasteiger partial charge is 0.497 e.